The summed E-state index contributed by atoms with van der Waals surface area (Å²) in [5, 5.41) is 16.6. The zero-order chi connectivity index (χ0) is 15.9. The number of nitrogens with zero attached hydrogens (tertiary/aromatic N) is 2. The first kappa shape index (κ1) is 18.1. The number of hydrogen-bond acceptors (Lipinski definition) is 5. The predicted octanol–water partition coefficient (Wildman–Crippen LogP) is 2.02. The first-order valence-electron chi connectivity index (χ1n) is 7.04. The molecule has 0 saturated carbocycles. The Labute approximate surface area is 134 Å². The van der Waals surface area contributed by atoms with Gasteiger partial charge in [-0.3, -0.25) is 9.48 Å². The van der Waals surface area contributed by atoms with E-state index in [9.17, 15) is 4.79 Å². The fourth-order valence-corrected chi connectivity index (χ4v) is 2.55. The fraction of sp³-hybridized carbons (Fsp3) is 0.714. The first-order valence-corrected chi connectivity index (χ1v) is 7.83. The van der Waals surface area contributed by atoms with E-state index in [-0.39, 0.29) is 12.2 Å². The Hall–Kier alpha value is -0.920. The van der Waals surface area contributed by atoms with Gasteiger partial charge in [-0.05, 0) is 62.6 Å². The second-order valence-corrected chi connectivity index (χ2v) is 6.62. The fourth-order valence-electron chi connectivity index (χ4n) is 1.94. The summed E-state index contributed by atoms with van der Waals surface area (Å²) in [7, 11) is 0. The van der Waals surface area contributed by atoms with Crippen molar-refractivity contribution >= 4 is 22.4 Å². The number of carbonyl (C=O) groups excluding carboxylic acids is 1. The summed E-state index contributed by atoms with van der Waals surface area (Å²) < 4.78 is 7.45. The molecule has 0 unspecified atom stereocenters. The largest absolute Gasteiger partial charge is 0.462 e. The lowest BCUT2D eigenvalue weighted by molar-refractivity contribution is -0.138. The molecule has 7 heteroatoms. The number of aromatic nitrogens is 2. The van der Waals surface area contributed by atoms with Crippen molar-refractivity contribution in [2.45, 2.75) is 51.9 Å². The highest BCUT2D eigenvalue weighted by molar-refractivity contribution is 9.10. The van der Waals surface area contributed by atoms with E-state index in [0.717, 1.165) is 36.1 Å². The van der Waals surface area contributed by atoms with Gasteiger partial charge in [0.25, 0.3) is 6.47 Å². The van der Waals surface area contributed by atoms with Gasteiger partial charge in [0.15, 0.2) is 0 Å². The maximum atomic E-state index is 9.60. The molecule has 2 N–H and O–H groups in total. The third-order valence-corrected chi connectivity index (χ3v) is 3.90. The highest BCUT2D eigenvalue weighted by Gasteiger charge is 2.18. The second kappa shape index (κ2) is 8.51. The zero-order valence-corrected chi connectivity index (χ0v) is 14.4. The van der Waals surface area contributed by atoms with E-state index in [2.05, 4.69) is 31.1 Å². The summed E-state index contributed by atoms with van der Waals surface area (Å²) in [4.78, 5) is 9.60. The summed E-state index contributed by atoms with van der Waals surface area (Å²) in [6, 6.07) is 0.464. The minimum atomic E-state index is -0.318. The maximum absolute atomic E-state index is 9.60. The minimum Gasteiger partial charge on any atom is -0.462 e. The molecule has 0 aromatic carbocycles. The Balaban J connectivity index is 0.000000270. The number of aliphatic hydroxyl groups is 1. The van der Waals surface area contributed by atoms with E-state index in [0.29, 0.717) is 12.5 Å². The molecular weight excluding hydrogens is 338 g/mol. The lowest BCUT2D eigenvalue weighted by Crippen LogP contribution is -2.30. The molecule has 120 valence electrons. The number of nitrogens with one attached hydrogen (secondary N) is 1. The normalized spacial score (nSPS) is 16.0. The zero-order valence-electron chi connectivity index (χ0n) is 12.8. The quantitative estimate of drug-likeness (QED) is 0.805. The average Bonchev–Trinajstić information content (AvgIpc) is 2.80. The second-order valence-electron chi connectivity index (χ2n) is 5.87. The number of ether oxygens (including phenoxy) is 1. The highest BCUT2D eigenvalue weighted by atomic mass is 79.9. The van der Waals surface area contributed by atoms with Gasteiger partial charge in [0.05, 0.1) is 18.8 Å². The van der Waals surface area contributed by atoms with Crippen molar-refractivity contribution in [3.05, 3.63) is 16.4 Å². The van der Waals surface area contributed by atoms with Crippen LogP contribution in [0.1, 0.15) is 45.2 Å². The van der Waals surface area contributed by atoms with Crippen LogP contribution in [0.5, 0.6) is 0 Å². The van der Waals surface area contributed by atoms with E-state index in [1.54, 1.807) is 6.20 Å². The van der Waals surface area contributed by atoms with Crippen LogP contribution in [0.25, 0.3) is 0 Å². The molecular formula is C14H24BrN3O3. The van der Waals surface area contributed by atoms with Gasteiger partial charge < -0.3 is 15.2 Å². The average molecular weight is 362 g/mol. The van der Waals surface area contributed by atoms with Gasteiger partial charge in [0.2, 0.25) is 0 Å². The third-order valence-electron chi connectivity index (χ3n) is 3.03. The molecule has 1 fully saturated rings. The molecule has 1 aromatic rings. The number of carbonyl (C=O) groups is 1. The van der Waals surface area contributed by atoms with Gasteiger partial charge in [-0.15, -0.1) is 0 Å². The molecule has 6 nitrogen and oxygen atoms in total. The molecule has 1 aromatic heterocycles. The van der Waals surface area contributed by atoms with E-state index in [4.69, 9.17) is 5.11 Å². The van der Waals surface area contributed by atoms with E-state index in [1.165, 1.54) is 0 Å². The minimum absolute atomic E-state index is 0.0472. The van der Waals surface area contributed by atoms with Crippen molar-refractivity contribution in [2.24, 2.45) is 0 Å². The van der Waals surface area contributed by atoms with E-state index in [1.807, 2.05) is 25.5 Å². The van der Waals surface area contributed by atoms with Crippen LogP contribution in [-0.2, 0) is 16.1 Å². The van der Waals surface area contributed by atoms with Crippen LogP contribution in [-0.4, -0.2) is 40.0 Å². The Kier molecular flexibility index (Phi) is 7.34. The van der Waals surface area contributed by atoms with Crippen molar-refractivity contribution in [1.29, 1.82) is 0 Å². The summed E-state index contributed by atoms with van der Waals surface area (Å²) >= 11 is 3.47. The lowest BCUT2D eigenvalue weighted by atomic mass is 10.1. The van der Waals surface area contributed by atoms with Crippen LogP contribution in [0.15, 0.2) is 10.8 Å². The summed E-state index contributed by atoms with van der Waals surface area (Å²) in [6.07, 6.45) is 3.93. The molecule has 0 bridgehead atoms. The Bertz CT molecular complexity index is 437. The number of rotatable bonds is 3. The first-order chi connectivity index (χ1) is 9.89. The summed E-state index contributed by atoms with van der Waals surface area (Å²) in [5.41, 5.74) is 0.547. The smallest absolute Gasteiger partial charge is 0.293 e. The third kappa shape index (κ3) is 6.15. The van der Waals surface area contributed by atoms with Crippen LogP contribution in [0.4, 0.5) is 0 Å². The van der Waals surface area contributed by atoms with Gasteiger partial charge in [-0.2, -0.15) is 5.10 Å². The van der Waals surface area contributed by atoms with E-state index >= 15 is 0 Å². The molecule has 21 heavy (non-hydrogen) atoms. The van der Waals surface area contributed by atoms with Crippen molar-refractivity contribution in [2.75, 3.05) is 13.1 Å². The molecule has 0 aliphatic carbocycles. The summed E-state index contributed by atoms with van der Waals surface area (Å²) in [5.74, 6) is 0. The molecule has 2 rings (SSSR count). The molecule has 0 atom stereocenters. The van der Waals surface area contributed by atoms with Gasteiger partial charge in [-0.25, -0.2) is 0 Å². The molecule has 0 amide bonds. The van der Waals surface area contributed by atoms with Crippen LogP contribution in [0.3, 0.4) is 0 Å². The van der Waals surface area contributed by atoms with Gasteiger partial charge in [0, 0.05) is 5.56 Å². The van der Waals surface area contributed by atoms with Crippen LogP contribution in [0.2, 0.25) is 0 Å². The number of hydrogen-bond donors (Lipinski definition) is 2. The monoisotopic (exact) mass is 361 g/mol. The Morgan fingerprint density at radius 3 is 2.52 bits per heavy atom. The van der Waals surface area contributed by atoms with Crippen LogP contribution in [0, 0.1) is 0 Å². The molecule has 1 aliphatic heterocycles. The lowest BCUT2D eigenvalue weighted by Gasteiger charge is -2.23. The van der Waals surface area contributed by atoms with Crippen LogP contribution < -0.4 is 5.32 Å². The number of aliphatic hydroxyl groups excluding tert-OH is 1. The SMILES string of the molecule is CC(C)(C)OC=O.OCc1cnn(C2CCNCC2)c1Br. The molecule has 0 radical (unpaired) electrons. The molecule has 1 saturated heterocycles. The summed E-state index contributed by atoms with van der Waals surface area (Å²) in [6.45, 7) is 8.06. The predicted molar refractivity (Wildman–Crippen MR) is 83.9 cm³/mol. The molecule has 2 heterocycles. The van der Waals surface area contributed by atoms with E-state index < -0.39 is 0 Å². The van der Waals surface area contributed by atoms with Crippen molar-refractivity contribution in [3.63, 3.8) is 0 Å². The van der Waals surface area contributed by atoms with Gasteiger partial charge >= 0.3 is 0 Å². The standard InChI is InChI=1S/C9H14BrN3O.C5H10O2/c10-9-7(6-14)5-12-13(9)8-1-3-11-4-2-8;1-5(2,3)7-4-6/h5,8,11,14H,1-4,6H2;4H,1-3H3. The number of piperidine rings is 1. The Morgan fingerprint density at radius 2 is 2.14 bits per heavy atom. The van der Waals surface area contributed by atoms with Crippen molar-refractivity contribution in [3.8, 4) is 0 Å². The Morgan fingerprint density at radius 1 is 1.52 bits per heavy atom. The van der Waals surface area contributed by atoms with Crippen LogP contribution >= 0.6 is 15.9 Å². The van der Waals surface area contributed by atoms with Crippen molar-refractivity contribution in [1.82, 2.24) is 15.1 Å². The number of halogens is 1. The van der Waals surface area contributed by atoms with Gasteiger partial charge in [-0.1, -0.05) is 0 Å². The maximum Gasteiger partial charge on any atom is 0.293 e. The molecule has 1 aliphatic rings. The van der Waals surface area contributed by atoms with Gasteiger partial charge in [0.1, 0.15) is 10.2 Å². The van der Waals surface area contributed by atoms with Crippen molar-refractivity contribution < 1.29 is 14.6 Å². The molecule has 0 spiro atoms. The highest BCUT2D eigenvalue weighted by Crippen LogP contribution is 2.25. The topological polar surface area (TPSA) is 76.4 Å².